The van der Waals surface area contributed by atoms with E-state index in [0.29, 0.717) is 16.9 Å². The number of rotatable bonds is 3. The molecule has 0 bridgehead atoms. The molecule has 1 heterocycles. The van der Waals surface area contributed by atoms with Gasteiger partial charge in [-0.25, -0.2) is 8.42 Å². The van der Waals surface area contributed by atoms with Crippen LogP contribution in [0.15, 0.2) is 33.7 Å². The first-order valence-corrected chi connectivity index (χ1v) is 7.67. The molecule has 0 amide bonds. The zero-order valence-corrected chi connectivity index (χ0v) is 12.5. The van der Waals surface area contributed by atoms with E-state index >= 15 is 0 Å². The van der Waals surface area contributed by atoms with Crippen molar-refractivity contribution in [1.82, 2.24) is 5.16 Å². The summed E-state index contributed by atoms with van der Waals surface area (Å²) in [4.78, 5) is 0.0564. The number of anilines is 1. The predicted molar refractivity (Wildman–Crippen MR) is 79.2 cm³/mol. The Bertz CT molecular complexity index is 794. The normalized spacial score (nSPS) is 10.8. The van der Waals surface area contributed by atoms with Crippen LogP contribution in [0.3, 0.4) is 0 Å². The molecule has 0 saturated heterocycles. The van der Waals surface area contributed by atoms with Gasteiger partial charge < -0.3 is 10.3 Å². The van der Waals surface area contributed by atoms with E-state index in [0.717, 1.165) is 0 Å². The van der Waals surface area contributed by atoms with Gasteiger partial charge in [0.15, 0.2) is 10.7 Å². The zero-order chi connectivity index (χ0) is 15.5. The summed E-state index contributed by atoms with van der Waals surface area (Å²) in [5, 5.41) is 3.65. The molecule has 0 saturated carbocycles. The highest BCUT2D eigenvalue weighted by Crippen LogP contribution is 2.22. The predicted octanol–water partition coefficient (Wildman–Crippen LogP) is 1.40. The van der Waals surface area contributed by atoms with Gasteiger partial charge in [0.25, 0.3) is 10.0 Å². The van der Waals surface area contributed by atoms with Crippen molar-refractivity contribution in [2.24, 2.45) is 5.73 Å². The van der Waals surface area contributed by atoms with Gasteiger partial charge in [0.2, 0.25) is 0 Å². The molecule has 2 aromatic rings. The third-order valence-electron chi connectivity index (χ3n) is 2.69. The summed E-state index contributed by atoms with van der Waals surface area (Å²) in [6.45, 7) is 3.38. The molecular weight excluding hydrogens is 290 g/mol. The Hall–Kier alpha value is -2.30. The number of aryl methyl sites for hydroxylation is 2. The third kappa shape index (κ3) is 3.42. The summed E-state index contributed by atoms with van der Waals surface area (Å²) in [6.07, 6.45) is 0. The first-order valence-electron chi connectivity index (χ1n) is 6.19. The molecular formula is C14H15N3O3S. The number of benzene rings is 1. The second-order valence-electron chi connectivity index (χ2n) is 4.35. The minimum absolute atomic E-state index is 0.0564. The van der Waals surface area contributed by atoms with E-state index in [-0.39, 0.29) is 17.2 Å². The lowest BCUT2D eigenvalue weighted by Crippen LogP contribution is -2.14. The maximum Gasteiger partial charge on any atom is 0.267 e. The van der Waals surface area contributed by atoms with E-state index in [1.54, 1.807) is 38.1 Å². The van der Waals surface area contributed by atoms with Gasteiger partial charge in [-0.15, -0.1) is 0 Å². The van der Waals surface area contributed by atoms with Crippen molar-refractivity contribution >= 4 is 15.7 Å². The van der Waals surface area contributed by atoms with E-state index < -0.39 is 10.0 Å². The van der Waals surface area contributed by atoms with Crippen LogP contribution in [0.25, 0.3) is 0 Å². The topological polar surface area (TPSA) is 98.2 Å². The van der Waals surface area contributed by atoms with Crippen LogP contribution in [-0.4, -0.2) is 20.1 Å². The standard InChI is InChI=1S/C14H15N3O3S/c1-10-14(11(2)20-16-10)21(18,19)17-13-7-3-5-12(9-13)6-4-8-15/h3,5,7,9,17H,8,15H2,1-2H3. The van der Waals surface area contributed by atoms with Crippen molar-refractivity contribution in [3.8, 4) is 11.8 Å². The molecule has 3 N–H and O–H groups in total. The van der Waals surface area contributed by atoms with Crippen LogP contribution in [0, 0.1) is 25.7 Å². The molecule has 0 radical (unpaired) electrons. The fourth-order valence-electron chi connectivity index (χ4n) is 1.88. The van der Waals surface area contributed by atoms with E-state index in [9.17, 15) is 8.42 Å². The van der Waals surface area contributed by atoms with Gasteiger partial charge >= 0.3 is 0 Å². The van der Waals surface area contributed by atoms with Crippen molar-refractivity contribution in [1.29, 1.82) is 0 Å². The Morgan fingerprint density at radius 2 is 2.14 bits per heavy atom. The summed E-state index contributed by atoms with van der Waals surface area (Å²) in [7, 11) is -3.75. The van der Waals surface area contributed by atoms with Gasteiger partial charge in [-0.3, -0.25) is 4.72 Å². The fourth-order valence-corrected chi connectivity index (χ4v) is 3.26. The van der Waals surface area contributed by atoms with Crippen molar-refractivity contribution in [2.45, 2.75) is 18.7 Å². The molecule has 0 spiro atoms. The maximum absolute atomic E-state index is 12.4. The second kappa shape index (κ2) is 5.99. The molecule has 0 unspecified atom stereocenters. The minimum Gasteiger partial charge on any atom is -0.360 e. The van der Waals surface area contributed by atoms with Gasteiger partial charge in [-0.1, -0.05) is 23.1 Å². The molecule has 21 heavy (non-hydrogen) atoms. The van der Waals surface area contributed by atoms with E-state index in [1.807, 2.05) is 0 Å². The summed E-state index contributed by atoms with van der Waals surface area (Å²) < 4.78 is 32.1. The van der Waals surface area contributed by atoms with Gasteiger partial charge in [0.05, 0.1) is 12.2 Å². The lowest BCUT2D eigenvalue weighted by atomic mass is 10.2. The van der Waals surface area contributed by atoms with Crippen LogP contribution >= 0.6 is 0 Å². The first kappa shape index (κ1) is 15.1. The fraction of sp³-hybridized carbons (Fsp3) is 0.214. The second-order valence-corrected chi connectivity index (χ2v) is 5.96. The average molecular weight is 305 g/mol. The Balaban J connectivity index is 2.33. The van der Waals surface area contributed by atoms with Crippen molar-refractivity contribution in [3.63, 3.8) is 0 Å². The molecule has 1 aromatic carbocycles. The van der Waals surface area contributed by atoms with Gasteiger partial charge in [-0.05, 0) is 32.0 Å². The Morgan fingerprint density at radius 1 is 1.38 bits per heavy atom. The number of hydrogen-bond donors (Lipinski definition) is 2. The monoisotopic (exact) mass is 305 g/mol. The third-order valence-corrected chi connectivity index (χ3v) is 4.31. The van der Waals surface area contributed by atoms with Gasteiger partial charge in [0, 0.05) is 5.56 Å². The van der Waals surface area contributed by atoms with Crippen molar-refractivity contribution < 1.29 is 12.9 Å². The van der Waals surface area contributed by atoms with Crippen LogP contribution in [-0.2, 0) is 10.0 Å². The molecule has 0 aliphatic rings. The zero-order valence-electron chi connectivity index (χ0n) is 11.7. The van der Waals surface area contributed by atoms with Crippen LogP contribution in [0.1, 0.15) is 17.0 Å². The molecule has 0 fully saturated rings. The maximum atomic E-state index is 12.4. The lowest BCUT2D eigenvalue weighted by molar-refractivity contribution is 0.390. The molecule has 0 atom stereocenters. The van der Waals surface area contributed by atoms with Crippen LogP contribution in [0.4, 0.5) is 5.69 Å². The van der Waals surface area contributed by atoms with E-state index in [4.69, 9.17) is 10.3 Å². The number of nitrogens with one attached hydrogen (secondary N) is 1. The van der Waals surface area contributed by atoms with Gasteiger partial charge in [0.1, 0.15) is 5.69 Å². The average Bonchev–Trinajstić information content (AvgIpc) is 2.76. The molecule has 0 aliphatic carbocycles. The molecule has 1 aromatic heterocycles. The summed E-state index contributed by atoms with van der Waals surface area (Å²) >= 11 is 0. The lowest BCUT2D eigenvalue weighted by Gasteiger charge is -2.07. The summed E-state index contributed by atoms with van der Waals surface area (Å²) in [5.74, 6) is 5.81. The first-order chi connectivity index (χ1) is 9.94. The largest absolute Gasteiger partial charge is 0.360 e. The highest BCUT2D eigenvalue weighted by molar-refractivity contribution is 7.92. The quantitative estimate of drug-likeness (QED) is 0.835. The SMILES string of the molecule is Cc1noc(C)c1S(=O)(=O)Nc1cccc(C#CCN)c1. The number of nitrogens with zero attached hydrogens (tertiary/aromatic N) is 1. The highest BCUT2D eigenvalue weighted by atomic mass is 32.2. The highest BCUT2D eigenvalue weighted by Gasteiger charge is 2.24. The molecule has 7 heteroatoms. The molecule has 110 valence electrons. The number of sulfonamides is 1. The van der Waals surface area contributed by atoms with Crippen LogP contribution < -0.4 is 10.5 Å². The van der Waals surface area contributed by atoms with Crippen molar-refractivity contribution in [2.75, 3.05) is 11.3 Å². The molecule has 2 rings (SSSR count). The van der Waals surface area contributed by atoms with E-state index in [1.165, 1.54) is 0 Å². The molecule has 0 aliphatic heterocycles. The van der Waals surface area contributed by atoms with Crippen molar-refractivity contribution in [3.05, 3.63) is 41.3 Å². The van der Waals surface area contributed by atoms with Crippen LogP contribution in [0.2, 0.25) is 0 Å². The van der Waals surface area contributed by atoms with Crippen LogP contribution in [0.5, 0.6) is 0 Å². The summed E-state index contributed by atoms with van der Waals surface area (Å²) in [6, 6.07) is 6.77. The Kier molecular flexibility index (Phi) is 4.31. The minimum atomic E-state index is -3.75. The molecule has 6 nitrogen and oxygen atoms in total. The summed E-state index contributed by atoms with van der Waals surface area (Å²) in [5.41, 5.74) is 6.73. The Morgan fingerprint density at radius 3 is 2.76 bits per heavy atom. The smallest absolute Gasteiger partial charge is 0.267 e. The Labute approximate surface area is 123 Å². The number of nitrogens with two attached hydrogens (primary N) is 1. The van der Waals surface area contributed by atoms with E-state index in [2.05, 4.69) is 21.7 Å². The number of aromatic nitrogens is 1. The number of hydrogen-bond acceptors (Lipinski definition) is 5. The van der Waals surface area contributed by atoms with Gasteiger partial charge in [-0.2, -0.15) is 0 Å².